The number of aliphatic carboxylic acids is 1. The number of carboxylic acids is 1. The van der Waals surface area contributed by atoms with Gasteiger partial charge in [-0.15, -0.1) is 0 Å². The standard InChI is InChI=1S/C14H16N2O3/c1-10-3-5-12(6-4-10)16(9-14(17)18)8-13-7-11(2)15-19-13/h3-7H,8-9H2,1-2H3,(H,17,18). The van der Waals surface area contributed by atoms with Gasteiger partial charge in [0.1, 0.15) is 6.54 Å². The van der Waals surface area contributed by atoms with Crippen molar-refractivity contribution in [2.24, 2.45) is 0 Å². The van der Waals surface area contributed by atoms with Crippen LogP contribution in [0.3, 0.4) is 0 Å². The van der Waals surface area contributed by atoms with Gasteiger partial charge >= 0.3 is 5.97 Å². The summed E-state index contributed by atoms with van der Waals surface area (Å²) in [5, 5.41) is 12.8. The van der Waals surface area contributed by atoms with E-state index in [1.165, 1.54) is 0 Å². The molecule has 1 aromatic carbocycles. The maximum absolute atomic E-state index is 11.0. The van der Waals surface area contributed by atoms with Gasteiger partial charge in [0.15, 0.2) is 5.76 Å². The van der Waals surface area contributed by atoms with Gasteiger partial charge < -0.3 is 14.5 Å². The molecule has 0 atom stereocenters. The number of aromatic nitrogens is 1. The predicted molar refractivity (Wildman–Crippen MR) is 71.1 cm³/mol. The largest absolute Gasteiger partial charge is 0.480 e. The molecule has 5 nitrogen and oxygen atoms in total. The molecule has 100 valence electrons. The molecule has 0 bridgehead atoms. The summed E-state index contributed by atoms with van der Waals surface area (Å²) >= 11 is 0. The highest BCUT2D eigenvalue weighted by atomic mass is 16.5. The fourth-order valence-electron chi connectivity index (χ4n) is 1.84. The first kappa shape index (κ1) is 13.1. The molecule has 0 aliphatic rings. The monoisotopic (exact) mass is 260 g/mol. The van der Waals surface area contributed by atoms with Crippen LogP contribution < -0.4 is 4.90 Å². The van der Waals surface area contributed by atoms with Crippen LogP contribution in [0.25, 0.3) is 0 Å². The third-order valence-electron chi connectivity index (χ3n) is 2.75. The Morgan fingerprint density at radius 1 is 1.32 bits per heavy atom. The molecule has 0 amide bonds. The highest BCUT2D eigenvalue weighted by Gasteiger charge is 2.13. The minimum atomic E-state index is -0.878. The van der Waals surface area contributed by atoms with Crippen molar-refractivity contribution in [1.29, 1.82) is 0 Å². The van der Waals surface area contributed by atoms with E-state index in [1.54, 1.807) is 4.90 Å². The van der Waals surface area contributed by atoms with Crippen molar-refractivity contribution >= 4 is 11.7 Å². The van der Waals surface area contributed by atoms with Gasteiger partial charge in [0.2, 0.25) is 0 Å². The summed E-state index contributed by atoms with van der Waals surface area (Å²) in [5.41, 5.74) is 2.77. The molecule has 0 radical (unpaired) electrons. The number of carbonyl (C=O) groups is 1. The Labute approximate surface area is 111 Å². The molecule has 0 aliphatic carbocycles. The Morgan fingerprint density at radius 3 is 2.53 bits per heavy atom. The topological polar surface area (TPSA) is 66.6 Å². The van der Waals surface area contributed by atoms with Crippen LogP contribution in [-0.2, 0) is 11.3 Å². The first-order valence-electron chi connectivity index (χ1n) is 6.00. The molecule has 0 unspecified atom stereocenters. The lowest BCUT2D eigenvalue weighted by molar-refractivity contribution is -0.135. The van der Waals surface area contributed by atoms with Crippen LogP contribution in [0.1, 0.15) is 17.0 Å². The molecule has 0 spiro atoms. The molecular formula is C14H16N2O3. The van der Waals surface area contributed by atoms with E-state index in [0.29, 0.717) is 12.3 Å². The van der Waals surface area contributed by atoms with Gasteiger partial charge in [0.25, 0.3) is 0 Å². The first-order chi connectivity index (χ1) is 9.04. The van der Waals surface area contributed by atoms with E-state index in [2.05, 4.69) is 5.16 Å². The quantitative estimate of drug-likeness (QED) is 0.894. The van der Waals surface area contributed by atoms with Crippen molar-refractivity contribution in [2.45, 2.75) is 20.4 Å². The van der Waals surface area contributed by atoms with Crippen molar-refractivity contribution in [2.75, 3.05) is 11.4 Å². The van der Waals surface area contributed by atoms with Crippen LogP contribution in [0.15, 0.2) is 34.9 Å². The number of benzene rings is 1. The average molecular weight is 260 g/mol. The number of hydrogen-bond acceptors (Lipinski definition) is 4. The van der Waals surface area contributed by atoms with Crippen LogP contribution in [0, 0.1) is 13.8 Å². The second kappa shape index (κ2) is 5.56. The van der Waals surface area contributed by atoms with E-state index >= 15 is 0 Å². The lowest BCUT2D eigenvalue weighted by atomic mass is 10.2. The Hall–Kier alpha value is -2.30. The maximum Gasteiger partial charge on any atom is 0.323 e. The molecule has 0 saturated heterocycles. The minimum Gasteiger partial charge on any atom is -0.480 e. The molecule has 0 saturated carbocycles. The Bertz CT molecular complexity index is 560. The van der Waals surface area contributed by atoms with E-state index in [1.807, 2.05) is 44.2 Å². The van der Waals surface area contributed by atoms with Crippen LogP contribution >= 0.6 is 0 Å². The highest BCUT2D eigenvalue weighted by Crippen LogP contribution is 2.18. The average Bonchev–Trinajstić information content (AvgIpc) is 2.74. The van der Waals surface area contributed by atoms with Crippen molar-refractivity contribution in [3.05, 3.63) is 47.3 Å². The summed E-state index contributed by atoms with van der Waals surface area (Å²) in [4.78, 5) is 12.7. The van der Waals surface area contributed by atoms with Gasteiger partial charge in [-0.25, -0.2) is 0 Å². The number of carboxylic acid groups (broad SMARTS) is 1. The van der Waals surface area contributed by atoms with Crippen molar-refractivity contribution in [3.8, 4) is 0 Å². The summed E-state index contributed by atoms with van der Waals surface area (Å²) in [6.45, 7) is 4.13. The molecule has 2 rings (SSSR count). The van der Waals surface area contributed by atoms with E-state index in [4.69, 9.17) is 9.63 Å². The summed E-state index contributed by atoms with van der Waals surface area (Å²) in [6, 6.07) is 9.53. The number of nitrogens with zero attached hydrogens (tertiary/aromatic N) is 2. The summed E-state index contributed by atoms with van der Waals surface area (Å²) in [7, 11) is 0. The highest BCUT2D eigenvalue weighted by molar-refractivity contribution is 5.73. The lowest BCUT2D eigenvalue weighted by Crippen LogP contribution is -2.28. The fraction of sp³-hybridized carbons (Fsp3) is 0.286. The third-order valence-corrected chi connectivity index (χ3v) is 2.75. The van der Waals surface area contributed by atoms with Crippen molar-refractivity contribution in [3.63, 3.8) is 0 Å². The Morgan fingerprint density at radius 2 is 2.00 bits per heavy atom. The molecule has 1 N–H and O–H groups in total. The second-order valence-electron chi connectivity index (χ2n) is 4.52. The number of hydrogen-bond donors (Lipinski definition) is 1. The van der Waals surface area contributed by atoms with Gasteiger partial charge in [0.05, 0.1) is 12.2 Å². The molecular weight excluding hydrogens is 244 g/mol. The normalized spacial score (nSPS) is 10.4. The van der Waals surface area contributed by atoms with Crippen LogP contribution in [0.4, 0.5) is 5.69 Å². The fourth-order valence-corrected chi connectivity index (χ4v) is 1.84. The van der Waals surface area contributed by atoms with Crippen LogP contribution in [0.2, 0.25) is 0 Å². The van der Waals surface area contributed by atoms with Gasteiger partial charge in [0, 0.05) is 11.8 Å². The molecule has 5 heteroatoms. The molecule has 1 heterocycles. The van der Waals surface area contributed by atoms with E-state index in [0.717, 1.165) is 16.9 Å². The van der Waals surface area contributed by atoms with E-state index in [9.17, 15) is 4.79 Å². The maximum atomic E-state index is 11.0. The number of aryl methyl sites for hydroxylation is 2. The van der Waals surface area contributed by atoms with E-state index < -0.39 is 5.97 Å². The van der Waals surface area contributed by atoms with Gasteiger partial charge in [-0.05, 0) is 26.0 Å². The van der Waals surface area contributed by atoms with Crippen molar-refractivity contribution < 1.29 is 14.4 Å². The molecule has 2 aromatic rings. The van der Waals surface area contributed by atoms with Crippen LogP contribution in [0.5, 0.6) is 0 Å². The lowest BCUT2D eigenvalue weighted by Gasteiger charge is -2.21. The predicted octanol–water partition coefficient (Wildman–Crippen LogP) is 2.38. The van der Waals surface area contributed by atoms with Gasteiger partial charge in [-0.3, -0.25) is 4.79 Å². The van der Waals surface area contributed by atoms with E-state index in [-0.39, 0.29) is 6.54 Å². The summed E-state index contributed by atoms with van der Waals surface area (Å²) in [5.74, 6) is -0.226. The zero-order valence-electron chi connectivity index (χ0n) is 11.0. The molecule has 1 aromatic heterocycles. The van der Waals surface area contributed by atoms with Crippen LogP contribution in [-0.4, -0.2) is 22.8 Å². The zero-order valence-corrected chi connectivity index (χ0v) is 11.0. The second-order valence-corrected chi connectivity index (χ2v) is 4.52. The zero-order chi connectivity index (χ0) is 13.8. The summed E-state index contributed by atoms with van der Waals surface area (Å²) < 4.78 is 5.14. The SMILES string of the molecule is Cc1ccc(N(CC(=O)O)Cc2cc(C)no2)cc1. The minimum absolute atomic E-state index is 0.0805. The smallest absolute Gasteiger partial charge is 0.323 e. The number of anilines is 1. The Kier molecular flexibility index (Phi) is 3.85. The molecule has 0 fully saturated rings. The molecule has 0 aliphatic heterocycles. The third kappa shape index (κ3) is 3.58. The Balaban J connectivity index is 2.20. The van der Waals surface area contributed by atoms with Gasteiger partial charge in [-0.1, -0.05) is 22.9 Å². The van der Waals surface area contributed by atoms with Gasteiger partial charge in [-0.2, -0.15) is 0 Å². The molecule has 19 heavy (non-hydrogen) atoms. The first-order valence-corrected chi connectivity index (χ1v) is 6.00. The summed E-state index contributed by atoms with van der Waals surface area (Å²) in [6.07, 6.45) is 0. The number of rotatable bonds is 5. The van der Waals surface area contributed by atoms with Crippen molar-refractivity contribution in [1.82, 2.24) is 5.16 Å².